The zero-order valence-corrected chi connectivity index (χ0v) is 14.2. The zero-order valence-electron chi connectivity index (χ0n) is 14.2. The molecule has 0 bridgehead atoms. The van der Waals surface area contributed by atoms with Crippen molar-refractivity contribution in [3.63, 3.8) is 0 Å². The minimum Gasteiger partial charge on any atom is -0.497 e. The zero-order chi connectivity index (χ0) is 18.7. The number of alkyl halides is 3. The summed E-state index contributed by atoms with van der Waals surface area (Å²) < 4.78 is 50.2. The van der Waals surface area contributed by atoms with Gasteiger partial charge in [0.1, 0.15) is 11.5 Å². The highest BCUT2D eigenvalue weighted by atomic mass is 19.4. The van der Waals surface area contributed by atoms with E-state index in [0.717, 1.165) is 12.1 Å². The summed E-state index contributed by atoms with van der Waals surface area (Å²) in [6.07, 6.45) is -4.47. The van der Waals surface area contributed by atoms with Crippen LogP contribution in [0, 0.1) is 0 Å². The first-order chi connectivity index (χ1) is 12.4. The first-order valence-corrected chi connectivity index (χ1v) is 7.79. The van der Waals surface area contributed by atoms with Crippen molar-refractivity contribution in [1.82, 2.24) is 4.98 Å². The normalized spacial score (nSPS) is 11.3. The molecular formula is C20H16F3NO2. The summed E-state index contributed by atoms with van der Waals surface area (Å²) in [6.45, 7) is 0. The summed E-state index contributed by atoms with van der Waals surface area (Å²) in [7, 11) is 3.05. The molecule has 0 saturated heterocycles. The molecule has 3 aromatic rings. The molecule has 134 valence electrons. The second kappa shape index (κ2) is 7.07. The van der Waals surface area contributed by atoms with Gasteiger partial charge < -0.3 is 9.47 Å². The lowest BCUT2D eigenvalue weighted by atomic mass is 10.0. The van der Waals surface area contributed by atoms with E-state index in [1.165, 1.54) is 14.2 Å². The van der Waals surface area contributed by atoms with Crippen molar-refractivity contribution in [1.29, 1.82) is 0 Å². The lowest BCUT2D eigenvalue weighted by molar-refractivity contribution is -0.137. The van der Waals surface area contributed by atoms with Gasteiger partial charge in [0.25, 0.3) is 0 Å². The van der Waals surface area contributed by atoms with Crippen molar-refractivity contribution in [2.24, 2.45) is 0 Å². The maximum absolute atomic E-state index is 13.3. The first-order valence-electron chi connectivity index (χ1n) is 7.79. The lowest BCUT2D eigenvalue weighted by Crippen LogP contribution is -2.06. The molecule has 0 N–H and O–H groups in total. The Kier molecular flexibility index (Phi) is 4.84. The maximum Gasteiger partial charge on any atom is 0.416 e. The van der Waals surface area contributed by atoms with Crippen LogP contribution >= 0.6 is 0 Å². The number of halogens is 3. The van der Waals surface area contributed by atoms with E-state index in [2.05, 4.69) is 4.98 Å². The fourth-order valence-electron chi connectivity index (χ4n) is 2.51. The average molecular weight is 359 g/mol. The molecule has 0 aliphatic heterocycles. The maximum atomic E-state index is 13.3. The Balaban J connectivity index is 2.11. The fourth-order valence-corrected chi connectivity index (χ4v) is 2.51. The highest BCUT2D eigenvalue weighted by Crippen LogP contribution is 2.35. The van der Waals surface area contributed by atoms with Gasteiger partial charge >= 0.3 is 6.18 Å². The third kappa shape index (κ3) is 3.79. The molecule has 0 radical (unpaired) electrons. The summed E-state index contributed by atoms with van der Waals surface area (Å²) in [5.74, 6) is 1.24. The Bertz CT molecular complexity index is 823. The van der Waals surface area contributed by atoms with Gasteiger partial charge in [-0.2, -0.15) is 13.2 Å². The van der Waals surface area contributed by atoms with Crippen LogP contribution in [0.25, 0.3) is 22.5 Å². The molecular weight excluding hydrogens is 343 g/mol. The van der Waals surface area contributed by atoms with Crippen molar-refractivity contribution < 1.29 is 22.6 Å². The van der Waals surface area contributed by atoms with E-state index < -0.39 is 11.7 Å². The predicted octanol–water partition coefficient (Wildman–Crippen LogP) is 5.45. The number of pyridine rings is 1. The highest BCUT2D eigenvalue weighted by molar-refractivity contribution is 5.68. The largest absolute Gasteiger partial charge is 0.497 e. The van der Waals surface area contributed by atoms with Crippen molar-refractivity contribution in [2.45, 2.75) is 6.18 Å². The molecule has 3 rings (SSSR count). The molecule has 1 aromatic heterocycles. The van der Waals surface area contributed by atoms with E-state index in [1.807, 2.05) is 0 Å². The standard InChI is InChI=1S/C20H16F3NO2/c1-25-16-7-3-13(4-8-16)18-11-15(20(21,22)23)12-19(24-18)14-5-9-17(26-2)10-6-14/h3-12H,1-2H3. The monoisotopic (exact) mass is 359 g/mol. The van der Waals surface area contributed by atoms with Crippen molar-refractivity contribution in [3.8, 4) is 34.0 Å². The van der Waals surface area contributed by atoms with E-state index in [1.54, 1.807) is 48.5 Å². The van der Waals surface area contributed by atoms with Gasteiger partial charge in [-0.25, -0.2) is 4.98 Å². The quantitative estimate of drug-likeness (QED) is 0.621. The second-order valence-electron chi connectivity index (χ2n) is 5.58. The van der Waals surface area contributed by atoms with Crippen LogP contribution in [0.1, 0.15) is 5.56 Å². The van der Waals surface area contributed by atoms with Crippen molar-refractivity contribution >= 4 is 0 Å². The summed E-state index contributed by atoms with van der Waals surface area (Å²) in [5, 5.41) is 0. The van der Waals surface area contributed by atoms with Gasteiger partial charge in [0, 0.05) is 11.1 Å². The number of hydrogen-bond donors (Lipinski definition) is 0. The van der Waals surface area contributed by atoms with Crippen molar-refractivity contribution in [2.75, 3.05) is 14.2 Å². The van der Waals surface area contributed by atoms with Gasteiger partial charge in [0.2, 0.25) is 0 Å². The summed E-state index contributed by atoms with van der Waals surface area (Å²) in [4.78, 5) is 4.42. The lowest BCUT2D eigenvalue weighted by Gasteiger charge is -2.12. The van der Waals surface area contributed by atoms with E-state index >= 15 is 0 Å². The van der Waals surface area contributed by atoms with Gasteiger partial charge in [-0.15, -0.1) is 0 Å². The van der Waals surface area contributed by atoms with Crippen LogP contribution in [-0.4, -0.2) is 19.2 Å². The van der Waals surface area contributed by atoms with Crippen LogP contribution in [0.3, 0.4) is 0 Å². The van der Waals surface area contributed by atoms with Crippen LogP contribution in [0.15, 0.2) is 60.7 Å². The first kappa shape index (κ1) is 17.8. The van der Waals surface area contributed by atoms with Crippen LogP contribution in [0.2, 0.25) is 0 Å². The molecule has 0 aliphatic rings. The number of nitrogens with zero attached hydrogens (tertiary/aromatic N) is 1. The van der Waals surface area contributed by atoms with Crippen LogP contribution in [0.5, 0.6) is 11.5 Å². The smallest absolute Gasteiger partial charge is 0.416 e. The van der Waals surface area contributed by atoms with Crippen LogP contribution < -0.4 is 9.47 Å². The molecule has 0 spiro atoms. The molecule has 0 atom stereocenters. The molecule has 0 amide bonds. The van der Waals surface area contributed by atoms with Gasteiger partial charge in [-0.1, -0.05) is 0 Å². The Morgan fingerprint density at radius 3 is 1.38 bits per heavy atom. The number of ether oxygens (including phenoxy) is 2. The average Bonchev–Trinajstić information content (AvgIpc) is 2.67. The van der Waals surface area contributed by atoms with E-state index in [-0.39, 0.29) is 11.4 Å². The summed E-state index contributed by atoms with van der Waals surface area (Å²) in [6, 6.07) is 15.6. The number of benzene rings is 2. The Morgan fingerprint density at radius 1 is 0.692 bits per heavy atom. The Morgan fingerprint density at radius 2 is 1.08 bits per heavy atom. The third-order valence-electron chi connectivity index (χ3n) is 3.92. The molecule has 2 aromatic carbocycles. The molecule has 1 heterocycles. The number of hydrogen-bond acceptors (Lipinski definition) is 3. The molecule has 0 saturated carbocycles. The minimum absolute atomic E-state index is 0.244. The topological polar surface area (TPSA) is 31.4 Å². The Hall–Kier alpha value is -3.02. The summed E-state index contributed by atoms with van der Waals surface area (Å²) in [5.41, 5.74) is 0.893. The third-order valence-corrected chi connectivity index (χ3v) is 3.92. The van der Waals surface area contributed by atoms with E-state index in [0.29, 0.717) is 22.6 Å². The van der Waals surface area contributed by atoms with Gasteiger partial charge in [0.05, 0.1) is 31.2 Å². The number of methoxy groups -OCH3 is 2. The molecule has 3 nitrogen and oxygen atoms in total. The second-order valence-corrected chi connectivity index (χ2v) is 5.58. The van der Waals surface area contributed by atoms with Gasteiger partial charge in [-0.05, 0) is 60.7 Å². The van der Waals surface area contributed by atoms with Crippen molar-refractivity contribution in [3.05, 3.63) is 66.2 Å². The van der Waals surface area contributed by atoms with E-state index in [9.17, 15) is 13.2 Å². The molecule has 0 fully saturated rings. The SMILES string of the molecule is COc1ccc(-c2cc(C(F)(F)F)cc(-c3ccc(OC)cc3)n2)cc1. The van der Waals surface area contributed by atoms with Crippen LogP contribution in [0.4, 0.5) is 13.2 Å². The fraction of sp³-hybridized carbons (Fsp3) is 0.150. The molecule has 26 heavy (non-hydrogen) atoms. The minimum atomic E-state index is -4.47. The predicted molar refractivity (Wildman–Crippen MR) is 93.2 cm³/mol. The van der Waals surface area contributed by atoms with Crippen LogP contribution in [-0.2, 0) is 6.18 Å². The Labute approximate surface area is 149 Å². The molecule has 0 unspecified atom stereocenters. The van der Waals surface area contributed by atoms with E-state index in [4.69, 9.17) is 9.47 Å². The van der Waals surface area contributed by atoms with Gasteiger partial charge in [-0.3, -0.25) is 0 Å². The number of rotatable bonds is 4. The molecule has 0 aliphatic carbocycles. The number of aromatic nitrogens is 1. The highest BCUT2D eigenvalue weighted by Gasteiger charge is 2.31. The van der Waals surface area contributed by atoms with Gasteiger partial charge in [0.15, 0.2) is 0 Å². The summed E-state index contributed by atoms with van der Waals surface area (Å²) >= 11 is 0. The molecule has 6 heteroatoms.